The number of carbonyl (C=O) groups excluding carboxylic acids is 2. The Morgan fingerprint density at radius 3 is 2.44 bits per heavy atom. The van der Waals surface area contributed by atoms with E-state index in [1.54, 1.807) is 6.07 Å². The topological polar surface area (TPSA) is 117 Å². The molecule has 1 aliphatic heterocycles. The molecule has 0 saturated carbocycles. The second-order valence-electron chi connectivity index (χ2n) is 6.33. The SMILES string of the molecule is COC(=O)C1=C(C(=O)OC)N(c2cc(Oc3ccc(Cl)cc3Cl)cc([N+](=O)[O-])c2)COC1. The predicted molar refractivity (Wildman–Crippen MR) is 114 cm³/mol. The Bertz CT molecular complexity index is 1120. The average Bonchev–Trinajstić information content (AvgIpc) is 2.79. The number of nitro groups is 1. The highest BCUT2D eigenvalue weighted by Gasteiger charge is 2.33. The number of hydrogen-bond acceptors (Lipinski definition) is 9. The molecule has 10 nitrogen and oxygen atoms in total. The van der Waals surface area contributed by atoms with Crippen LogP contribution in [0.2, 0.25) is 10.0 Å². The summed E-state index contributed by atoms with van der Waals surface area (Å²) in [5.41, 5.74) is -0.459. The van der Waals surface area contributed by atoms with Gasteiger partial charge in [0.1, 0.15) is 23.9 Å². The Morgan fingerprint density at radius 2 is 1.81 bits per heavy atom. The number of ether oxygens (including phenoxy) is 4. The van der Waals surface area contributed by atoms with Gasteiger partial charge < -0.3 is 23.8 Å². The van der Waals surface area contributed by atoms with Gasteiger partial charge in [0.25, 0.3) is 5.69 Å². The van der Waals surface area contributed by atoms with Crippen molar-refractivity contribution in [2.45, 2.75) is 0 Å². The molecule has 0 fully saturated rings. The van der Waals surface area contributed by atoms with E-state index < -0.39 is 16.9 Å². The van der Waals surface area contributed by atoms with Crippen LogP contribution in [0.15, 0.2) is 47.7 Å². The van der Waals surface area contributed by atoms with Gasteiger partial charge in [0, 0.05) is 17.2 Å². The van der Waals surface area contributed by atoms with E-state index in [1.165, 1.54) is 35.2 Å². The number of non-ortho nitro benzene ring substituents is 1. The lowest BCUT2D eigenvalue weighted by atomic mass is 10.1. The third-order valence-corrected chi connectivity index (χ3v) is 4.88. The maximum atomic E-state index is 12.5. The quantitative estimate of drug-likeness (QED) is 0.340. The number of rotatable bonds is 6. The summed E-state index contributed by atoms with van der Waals surface area (Å²) in [5, 5.41) is 12.1. The summed E-state index contributed by atoms with van der Waals surface area (Å²) < 4.78 is 20.6. The molecule has 1 heterocycles. The van der Waals surface area contributed by atoms with Crippen molar-refractivity contribution in [3.05, 3.63) is 67.8 Å². The lowest BCUT2D eigenvalue weighted by Crippen LogP contribution is -2.38. The summed E-state index contributed by atoms with van der Waals surface area (Å²) in [4.78, 5) is 36.8. The van der Waals surface area contributed by atoms with Crippen LogP contribution in [0.4, 0.5) is 11.4 Å². The maximum Gasteiger partial charge on any atom is 0.355 e. The third kappa shape index (κ3) is 4.93. The van der Waals surface area contributed by atoms with Crippen molar-refractivity contribution < 1.29 is 33.5 Å². The monoisotopic (exact) mass is 482 g/mol. The van der Waals surface area contributed by atoms with Crippen LogP contribution in [0.1, 0.15) is 0 Å². The molecule has 3 rings (SSSR count). The number of halogens is 2. The van der Waals surface area contributed by atoms with Gasteiger partial charge >= 0.3 is 11.9 Å². The number of benzene rings is 2. The molecule has 32 heavy (non-hydrogen) atoms. The lowest BCUT2D eigenvalue weighted by Gasteiger charge is -2.31. The largest absolute Gasteiger partial charge is 0.466 e. The molecular weight excluding hydrogens is 467 g/mol. The highest BCUT2D eigenvalue weighted by atomic mass is 35.5. The van der Waals surface area contributed by atoms with Crippen LogP contribution in [0, 0.1) is 10.1 Å². The van der Waals surface area contributed by atoms with Crippen molar-refractivity contribution in [1.82, 2.24) is 0 Å². The van der Waals surface area contributed by atoms with Crippen molar-refractivity contribution >= 4 is 46.5 Å². The molecule has 0 atom stereocenters. The summed E-state index contributed by atoms with van der Waals surface area (Å²) in [7, 11) is 2.29. The molecule has 2 aromatic rings. The molecule has 0 aromatic heterocycles. The van der Waals surface area contributed by atoms with E-state index in [0.717, 1.165) is 14.2 Å². The molecule has 0 bridgehead atoms. The first kappa shape index (κ1) is 23.3. The van der Waals surface area contributed by atoms with Gasteiger partial charge in [0.2, 0.25) is 0 Å². The molecule has 0 amide bonds. The molecule has 168 valence electrons. The van der Waals surface area contributed by atoms with E-state index in [9.17, 15) is 19.7 Å². The predicted octanol–water partition coefficient (Wildman–Crippen LogP) is 4.09. The minimum absolute atomic E-state index is 0.0489. The number of methoxy groups -OCH3 is 2. The Morgan fingerprint density at radius 1 is 1.09 bits per heavy atom. The van der Waals surface area contributed by atoms with E-state index >= 15 is 0 Å². The first-order chi connectivity index (χ1) is 15.2. The number of hydrogen-bond donors (Lipinski definition) is 0. The van der Waals surface area contributed by atoms with Gasteiger partial charge in [-0.1, -0.05) is 23.2 Å². The summed E-state index contributed by atoms with van der Waals surface area (Å²) in [6, 6.07) is 8.30. The van der Waals surface area contributed by atoms with E-state index in [4.69, 9.17) is 42.1 Å². The number of carbonyl (C=O) groups is 2. The molecule has 0 radical (unpaired) electrons. The zero-order valence-electron chi connectivity index (χ0n) is 16.8. The Hall–Kier alpha value is -3.34. The molecule has 0 aliphatic carbocycles. The Kier molecular flexibility index (Phi) is 7.18. The van der Waals surface area contributed by atoms with Gasteiger partial charge in [-0.2, -0.15) is 0 Å². The fourth-order valence-corrected chi connectivity index (χ4v) is 3.37. The van der Waals surface area contributed by atoms with Crippen LogP contribution in [-0.4, -0.2) is 44.4 Å². The highest BCUT2D eigenvalue weighted by molar-refractivity contribution is 6.35. The number of esters is 2. The minimum Gasteiger partial charge on any atom is -0.466 e. The summed E-state index contributed by atoms with van der Waals surface area (Å²) in [6.45, 7) is -0.389. The smallest absolute Gasteiger partial charge is 0.355 e. The first-order valence-electron chi connectivity index (χ1n) is 8.92. The molecule has 1 aliphatic rings. The lowest BCUT2D eigenvalue weighted by molar-refractivity contribution is -0.384. The van der Waals surface area contributed by atoms with Crippen molar-refractivity contribution in [2.24, 2.45) is 0 Å². The third-order valence-electron chi connectivity index (χ3n) is 4.35. The van der Waals surface area contributed by atoms with Gasteiger partial charge in [-0.25, -0.2) is 9.59 Å². The first-order valence-corrected chi connectivity index (χ1v) is 9.68. The Labute approximate surface area is 192 Å². The zero-order chi connectivity index (χ0) is 23.4. The van der Waals surface area contributed by atoms with Crippen molar-refractivity contribution in [2.75, 3.05) is 32.5 Å². The van der Waals surface area contributed by atoms with Crippen molar-refractivity contribution in [1.29, 1.82) is 0 Å². The van der Waals surface area contributed by atoms with Gasteiger partial charge in [-0.05, 0) is 18.2 Å². The number of nitro benzene ring substituents is 1. The van der Waals surface area contributed by atoms with Crippen LogP contribution in [0.25, 0.3) is 0 Å². The normalized spacial score (nSPS) is 13.6. The molecule has 2 aromatic carbocycles. The molecular formula is C20H16Cl2N2O8. The molecule has 0 spiro atoms. The minimum atomic E-state index is -0.844. The highest BCUT2D eigenvalue weighted by Crippen LogP contribution is 2.37. The number of anilines is 1. The van der Waals surface area contributed by atoms with E-state index in [-0.39, 0.29) is 52.5 Å². The van der Waals surface area contributed by atoms with Gasteiger partial charge in [-0.15, -0.1) is 0 Å². The van der Waals surface area contributed by atoms with E-state index in [2.05, 4.69) is 0 Å². The number of nitrogens with zero attached hydrogens (tertiary/aromatic N) is 2. The van der Waals surface area contributed by atoms with Crippen LogP contribution < -0.4 is 9.64 Å². The van der Waals surface area contributed by atoms with Crippen molar-refractivity contribution in [3.8, 4) is 11.5 Å². The van der Waals surface area contributed by atoms with Gasteiger partial charge in [0.05, 0.1) is 48.1 Å². The molecule has 0 unspecified atom stereocenters. The Balaban J connectivity index is 2.12. The second kappa shape index (κ2) is 9.86. The summed E-state index contributed by atoms with van der Waals surface area (Å²) in [5.74, 6) is -1.39. The summed E-state index contributed by atoms with van der Waals surface area (Å²) >= 11 is 12.0. The van der Waals surface area contributed by atoms with Crippen LogP contribution >= 0.6 is 23.2 Å². The maximum absolute atomic E-state index is 12.5. The van der Waals surface area contributed by atoms with Crippen molar-refractivity contribution in [3.63, 3.8) is 0 Å². The van der Waals surface area contributed by atoms with Gasteiger partial charge in [-0.3, -0.25) is 10.1 Å². The van der Waals surface area contributed by atoms with Crippen LogP contribution in [-0.2, 0) is 23.8 Å². The van der Waals surface area contributed by atoms with Crippen LogP contribution in [0.5, 0.6) is 11.5 Å². The fourth-order valence-electron chi connectivity index (χ4n) is 2.92. The van der Waals surface area contributed by atoms with E-state index in [0.29, 0.717) is 5.02 Å². The van der Waals surface area contributed by atoms with Crippen LogP contribution in [0.3, 0.4) is 0 Å². The molecule has 0 N–H and O–H groups in total. The summed E-state index contributed by atoms with van der Waals surface area (Å²) in [6.07, 6.45) is 0. The van der Waals surface area contributed by atoms with Gasteiger partial charge in [0.15, 0.2) is 0 Å². The standard InChI is InChI=1S/C20H16Cl2N2O8/c1-29-19(25)15-9-31-10-23(18(15)20(26)30-2)12-6-13(24(27)28)8-14(7-12)32-17-4-3-11(21)5-16(17)22/h3-8H,9-10H2,1-2H3. The molecule has 12 heteroatoms. The molecule has 0 saturated heterocycles. The zero-order valence-corrected chi connectivity index (χ0v) is 18.3. The average molecular weight is 483 g/mol. The van der Waals surface area contributed by atoms with E-state index in [1.807, 2.05) is 0 Å². The second-order valence-corrected chi connectivity index (χ2v) is 7.18. The fraction of sp³-hybridized carbons (Fsp3) is 0.200.